The van der Waals surface area contributed by atoms with Crippen LogP contribution < -0.4 is 5.32 Å². The van der Waals surface area contributed by atoms with Crippen LogP contribution in [0.3, 0.4) is 0 Å². The van der Waals surface area contributed by atoms with Crippen molar-refractivity contribution in [3.63, 3.8) is 0 Å². The molecular formula is C15H20FNOS. The normalized spacial score (nSPS) is 17.4. The van der Waals surface area contributed by atoms with Crippen LogP contribution in [0.2, 0.25) is 0 Å². The summed E-state index contributed by atoms with van der Waals surface area (Å²) in [5, 5.41) is 3.00. The molecule has 0 aromatic heterocycles. The second-order valence-electron chi connectivity index (χ2n) is 5.24. The van der Waals surface area contributed by atoms with Crippen LogP contribution in [0.4, 0.5) is 4.39 Å². The van der Waals surface area contributed by atoms with Crippen molar-refractivity contribution >= 4 is 17.7 Å². The van der Waals surface area contributed by atoms with Gasteiger partial charge in [0.05, 0.1) is 0 Å². The Balaban J connectivity index is 1.99. The molecule has 1 aliphatic carbocycles. The fourth-order valence-electron chi connectivity index (χ4n) is 2.60. The maximum absolute atomic E-state index is 13.2. The standard InChI is InChI=1S/C15H20FNOS/c1-11-9-12(5-6-13(11)16)14(18)17-10-15(19-2)7-3-4-8-15/h5-6,9H,3-4,7-8,10H2,1-2H3,(H,17,18). The van der Waals surface area contributed by atoms with E-state index in [0.717, 1.165) is 12.8 Å². The van der Waals surface area contributed by atoms with E-state index in [9.17, 15) is 9.18 Å². The number of rotatable bonds is 4. The topological polar surface area (TPSA) is 29.1 Å². The Morgan fingerprint density at radius 1 is 1.42 bits per heavy atom. The third kappa shape index (κ3) is 3.30. The molecule has 0 heterocycles. The van der Waals surface area contributed by atoms with Crippen molar-refractivity contribution in [2.45, 2.75) is 37.4 Å². The van der Waals surface area contributed by atoms with Crippen molar-refractivity contribution in [2.24, 2.45) is 0 Å². The molecule has 0 atom stereocenters. The zero-order valence-corrected chi connectivity index (χ0v) is 12.3. The predicted octanol–water partition coefficient (Wildman–Crippen LogP) is 3.54. The number of amides is 1. The largest absolute Gasteiger partial charge is 0.351 e. The van der Waals surface area contributed by atoms with Gasteiger partial charge in [-0.3, -0.25) is 4.79 Å². The van der Waals surface area contributed by atoms with E-state index in [1.54, 1.807) is 13.0 Å². The van der Waals surface area contributed by atoms with Gasteiger partial charge in [-0.05, 0) is 49.8 Å². The lowest BCUT2D eigenvalue weighted by atomic mass is 10.1. The number of carbonyl (C=O) groups excluding carboxylic acids is 1. The highest BCUT2D eigenvalue weighted by molar-refractivity contribution is 8.00. The minimum Gasteiger partial charge on any atom is -0.351 e. The van der Waals surface area contributed by atoms with E-state index in [1.807, 2.05) is 11.8 Å². The van der Waals surface area contributed by atoms with Gasteiger partial charge in [0.2, 0.25) is 0 Å². The third-order valence-corrected chi connectivity index (χ3v) is 5.36. The smallest absolute Gasteiger partial charge is 0.251 e. The first kappa shape index (κ1) is 14.4. The number of benzene rings is 1. The molecule has 2 nitrogen and oxygen atoms in total. The highest BCUT2D eigenvalue weighted by atomic mass is 32.2. The van der Waals surface area contributed by atoms with Crippen LogP contribution in [0.5, 0.6) is 0 Å². The number of halogens is 1. The lowest BCUT2D eigenvalue weighted by molar-refractivity contribution is 0.0949. The van der Waals surface area contributed by atoms with E-state index >= 15 is 0 Å². The first-order chi connectivity index (χ1) is 9.06. The number of thioether (sulfide) groups is 1. The van der Waals surface area contributed by atoms with Crippen LogP contribution in [0.15, 0.2) is 18.2 Å². The van der Waals surface area contributed by atoms with E-state index in [1.165, 1.54) is 25.0 Å². The Hall–Kier alpha value is -1.03. The first-order valence-electron chi connectivity index (χ1n) is 6.66. The van der Waals surface area contributed by atoms with Gasteiger partial charge in [-0.2, -0.15) is 11.8 Å². The Labute approximate surface area is 118 Å². The number of aryl methyl sites for hydroxylation is 1. The van der Waals surface area contributed by atoms with Gasteiger partial charge in [-0.15, -0.1) is 0 Å². The van der Waals surface area contributed by atoms with Gasteiger partial charge in [0.1, 0.15) is 5.82 Å². The number of hydrogen-bond donors (Lipinski definition) is 1. The van der Waals surface area contributed by atoms with Gasteiger partial charge in [-0.1, -0.05) is 12.8 Å². The molecule has 0 aliphatic heterocycles. The summed E-state index contributed by atoms with van der Waals surface area (Å²) in [5.74, 6) is -0.378. The highest BCUT2D eigenvalue weighted by Gasteiger charge is 2.33. The van der Waals surface area contributed by atoms with E-state index in [-0.39, 0.29) is 16.5 Å². The van der Waals surface area contributed by atoms with Crippen molar-refractivity contribution in [1.29, 1.82) is 0 Å². The van der Waals surface area contributed by atoms with Crippen molar-refractivity contribution in [3.05, 3.63) is 35.1 Å². The fraction of sp³-hybridized carbons (Fsp3) is 0.533. The Kier molecular flexibility index (Phi) is 4.50. The number of nitrogens with one attached hydrogen (secondary N) is 1. The third-order valence-electron chi connectivity index (χ3n) is 3.94. The summed E-state index contributed by atoms with van der Waals surface area (Å²) in [6.07, 6.45) is 6.92. The van der Waals surface area contributed by atoms with Gasteiger partial charge >= 0.3 is 0 Å². The van der Waals surface area contributed by atoms with Gasteiger partial charge in [0, 0.05) is 16.9 Å². The van der Waals surface area contributed by atoms with Gasteiger partial charge in [0.15, 0.2) is 0 Å². The summed E-state index contributed by atoms with van der Waals surface area (Å²) in [5.41, 5.74) is 1.04. The van der Waals surface area contributed by atoms with Crippen molar-refractivity contribution in [1.82, 2.24) is 5.32 Å². The van der Waals surface area contributed by atoms with E-state index < -0.39 is 0 Å². The molecule has 1 saturated carbocycles. The molecule has 0 spiro atoms. The molecule has 0 bridgehead atoms. The van der Waals surface area contributed by atoms with Crippen LogP contribution in [0.1, 0.15) is 41.6 Å². The van der Waals surface area contributed by atoms with Crippen LogP contribution in [0.25, 0.3) is 0 Å². The zero-order chi connectivity index (χ0) is 13.9. The van der Waals surface area contributed by atoms with Crippen LogP contribution in [0, 0.1) is 12.7 Å². The molecule has 0 radical (unpaired) electrons. The average molecular weight is 281 g/mol. The van der Waals surface area contributed by atoms with Crippen LogP contribution >= 0.6 is 11.8 Å². The summed E-state index contributed by atoms with van der Waals surface area (Å²) in [4.78, 5) is 12.1. The Morgan fingerprint density at radius 2 is 2.11 bits per heavy atom. The molecule has 0 unspecified atom stereocenters. The second-order valence-corrected chi connectivity index (χ2v) is 6.52. The van der Waals surface area contributed by atoms with Crippen LogP contribution in [-0.4, -0.2) is 23.5 Å². The molecule has 19 heavy (non-hydrogen) atoms. The molecular weight excluding hydrogens is 261 g/mol. The second kappa shape index (κ2) is 5.95. The molecule has 1 aliphatic rings. The van der Waals surface area contributed by atoms with Gasteiger partial charge in [-0.25, -0.2) is 4.39 Å². The SMILES string of the molecule is CSC1(CNC(=O)c2ccc(F)c(C)c2)CCCC1. The predicted molar refractivity (Wildman–Crippen MR) is 78.2 cm³/mol. The monoisotopic (exact) mass is 281 g/mol. The molecule has 4 heteroatoms. The zero-order valence-electron chi connectivity index (χ0n) is 11.5. The quantitative estimate of drug-likeness (QED) is 0.914. The molecule has 0 saturated heterocycles. The highest BCUT2D eigenvalue weighted by Crippen LogP contribution is 2.39. The van der Waals surface area contributed by atoms with Crippen molar-refractivity contribution < 1.29 is 9.18 Å². The first-order valence-corrected chi connectivity index (χ1v) is 7.88. The van der Waals surface area contributed by atoms with Gasteiger partial charge in [0.25, 0.3) is 5.91 Å². The summed E-state index contributed by atoms with van der Waals surface area (Å²) in [6, 6.07) is 4.49. The van der Waals surface area contributed by atoms with E-state index in [2.05, 4.69) is 11.6 Å². The molecule has 1 aromatic rings. The maximum Gasteiger partial charge on any atom is 0.251 e. The van der Waals surface area contributed by atoms with Crippen molar-refractivity contribution in [2.75, 3.05) is 12.8 Å². The number of hydrogen-bond acceptors (Lipinski definition) is 2. The Morgan fingerprint density at radius 3 is 2.68 bits per heavy atom. The Bertz CT molecular complexity index is 469. The van der Waals surface area contributed by atoms with Crippen LogP contribution in [-0.2, 0) is 0 Å². The maximum atomic E-state index is 13.2. The summed E-state index contributed by atoms with van der Waals surface area (Å²) >= 11 is 1.85. The molecule has 1 fully saturated rings. The molecule has 1 N–H and O–H groups in total. The summed E-state index contributed by atoms with van der Waals surface area (Å²) in [7, 11) is 0. The molecule has 104 valence electrons. The minimum absolute atomic E-state index is 0.108. The van der Waals surface area contributed by atoms with Gasteiger partial charge < -0.3 is 5.32 Å². The molecule has 2 rings (SSSR count). The lowest BCUT2D eigenvalue weighted by Gasteiger charge is -2.26. The summed E-state index contributed by atoms with van der Waals surface area (Å²) < 4.78 is 13.4. The van der Waals surface area contributed by atoms with E-state index in [0.29, 0.717) is 17.7 Å². The molecule has 1 aromatic carbocycles. The lowest BCUT2D eigenvalue weighted by Crippen LogP contribution is -2.38. The minimum atomic E-state index is -0.270. The van der Waals surface area contributed by atoms with E-state index in [4.69, 9.17) is 0 Å². The summed E-state index contributed by atoms with van der Waals surface area (Å²) in [6.45, 7) is 2.37. The molecule has 1 amide bonds. The average Bonchev–Trinajstić information content (AvgIpc) is 2.89. The van der Waals surface area contributed by atoms with Crippen molar-refractivity contribution in [3.8, 4) is 0 Å². The fourth-order valence-corrected chi connectivity index (χ4v) is 3.52. The number of carbonyl (C=O) groups is 1.